The summed E-state index contributed by atoms with van der Waals surface area (Å²) in [5.41, 5.74) is 1.01. The molecule has 0 spiro atoms. The molecule has 2 heterocycles. The molecule has 0 aliphatic carbocycles. The maximum absolute atomic E-state index is 11.9. The minimum atomic E-state index is -0.283. The van der Waals surface area contributed by atoms with Gasteiger partial charge in [-0.15, -0.1) is 0 Å². The highest BCUT2D eigenvalue weighted by Gasteiger charge is 2.28. The Morgan fingerprint density at radius 3 is 3.00 bits per heavy atom. The van der Waals surface area contributed by atoms with E-state index >= 15 is 0 Å². The van der Waals surface area contributed by atoms with Gasteiger partial charge in [0.2, 0.25) is 5.88 Å². The van der Waals surface area contributed by atoms with Gasteiger partial charge in [-0.3, -0.25) is 4.79 Å². The van der Waals surface area contributed by atoms with E-state index in [1.54, 1.807) is 6.92 Å². The smallest absolute Gasteiger partial charge is 0.257 e. The number of nitrogens with zero attached hydrogens (tertiary/aromatic N) is 1. The van der Waals surface area contributed by atoms with Crippen LogP contribution in [0.3, 0.4) is 0 Å². The summed E-state index contributed by atoms with van der Waals surface area (Å²) < 4.78 is 5.56. The molecule has 1 aromatic heterocycles. The van der Waals surface area contributed by atoms with E-state index in [1.165, 1.54) is 0 Å². The van der Waals surface area contributed by atoms with Gasteiger partial charge in [0.15, 0.2) is 0 Å². The van der Waals surface area contributed by atoms with E-state index in [2.05, 4.69) is 9.97 Å². The maximum atomic E-state index is 11.9. The standard InChI is InChI=1S/C14H14N2O3/c1-2-8-13(17)15-12(16-14(8)18)10-7-19-11-6-4-3-5-9(10)11/h3-6,10H,2,7H2,1H3,(H2,15,16,17,18). The van der Waals surface area contributed by atoms with Crippen molar-refractivity contribution in [3.8, 4) is 11.6 Å². The molecule has 5 heteroatoms. The van der Waals surface area contributed by atoms with E-state index in [0.29, 0.717) is 24.4 Å². The van der Waals surface area contributed by atoms with E-state index in [1.807, 2.05) is 24.3 Å². The van der Waals surface area contributed by atoms with Crippen molar-refractivity contribution < 1.29 is 9.84 Å². The number of aromatic amines is 1. The van der Waals surface area contributed by atoms with E-state index in [0.717, 1.165) is 11.3 Å². The molecule has 0 amide bonds. The van der Waals surface area contributed by atoms with Crippen LogP contribution in [0, 0.1) is 0 Å². The van der Waals surface area contributed by atoms with Crippen LogP contribution in [0.25, 0.3) is 0 Å². The van der Waals surface area contributed by atoms with Crippen LogP contribution in [-0.2, 0) is 6.42 Å². The Balaban J connectivity index is 2.08. The van der Waals surface area contributed by atoms with Gasteiger partial charge < -0.3 is 14.8 Å². The molecule has 2 N–H and O–H groups in total. The summed E-state index contributed by atoms with van der Waals surface area (Å²) in [6.45, 7) is 2.23. The molecule has 0 saturated heterocycles. The third kappa shape index (κ3) is 1.87. The first kappa shape index (κ1) is 11.8. The highest BCUT2D eigenvalue weighted by atomic mass is 16.5. The fourth-order valence-electron chi connectivity index (χ4n) is 2.38. The van der Waals surface area contributed by atoms with Crippen LogP contribution in [0.1, 0.15) is 29.8 Å². The molecule has 1 aromatic carbocycles. The molecule has 2 aromatic rings. The van der Waals surface area contributed by atoms with Crippen LogP contribution < -0.4 is 10.3 Å². The minimum Gasteiger partial charge on any atom is -0.493 e. The Kier molecular flexibility index (Phi) is 2.74. The Morgan fingerprint density at radius 1 is 1.47 bits per heavy atom. The number of H-pyrrole nitrogens is 1. The molecule has 19 heavy (non-hydrogen) atoms. The molecule has 1 aliphatic heterocycles. The number of nitrogens with one attached hydrogen (secondary N) is 1. The summed E-state index contributed by atoms with van der Waals surface area (Å²) >= 11 is 0. The molecule has 3 rings (SSSR count). The first-order chi connectivity index (χ1) is 9.20. The van der Waals surface area contributed by atoms with Gasteiger partial charge in [0.05, 0.1) is 11.5 Å². The average molecular weight is 258 g/mol. The maximum Gasteiger partial charge on any atom is 0.257 e. The average Bonchev–Trinajstić information content (AvgIpc) is 2.82. The van der Waals surface area contributed by atoms with Crippen LogP contribution in [0.4, 0.5) is 0 Å². The first-order valence-electron chi connectivity index (χ1n) is 6.24. The molecule has 98 valence electrons. The van der Waals surface area contributed by atoms with Gasteiger partial charge in [0.1, 0.15) is 18.2 Å². The number of aromatic hydroxyl groups is 1. The van der Waals surface area contributed by atoms with Crippen molar-refractivity contribution in [1.82, 2.24) is 9.97 Å². The van der Waals surface area contributed by atoms with Crippen LogP contribution >= 0.6 is 0 Å². The van der Waals surface area contributed by atoms with Crippen LogP contribution in [0.15, 0.2) is 29.1 Å². The van der Waals surface area contributed by atoms with Crippen molar-refractivity contribution in [1.29, 1.82) is 0 Å². The van der Waals surface area contributed by atoms with Crippen LogP contribution in [0.2, 0.25) is 0 Å². The third-order valence-electron chi connectivity index (χ3n) is 3.40. The number of fused-ring (bicyclic) bond motifs is 1. The van der Waals surface area contributed by atoms with Crippen molar-refractivity contribution in [2.24, 2.45) is 0 Å². The van der Waals surface area contributed by atoms with Crippen molar-refractivity contribution in [2.75, 3.05) is 6.61 Å². The second-order valence-electron chi connectivity index (χ2n) is 4.51. The summed E-state index contributed by atoms with van der Waals surface area (Å²) in [7, 11) is 0. The second-order valence-corrected chi connectivity index (χ2v) is 4.51. The summed E-state index contributed by atoms with van der Waals surface area (Å²) in [6.07, 6.45) is 0.451. The zero-order chi connectivity index (χ0) is 13.4. The lowest BCUT2D eigenvalue weighted by molar-refractivity contribution is 0.338. The predicted molar refractivity (Wildman–Crippen MR) is 69.7 cm³/mol. The topological polar surface area (TPSA) is 75.2 Å². The van der Waals surface area contributed by atoms with E-state index in [9.17, 15) is 9.90 Å². The van der Waals surface area contributed by atoms with Crippen molar-refractivity contribution in [3.05, 3.63) is 51.6 Å². The van der Waals surface area contributed by atoms with E-state index in [4.69, 9.17) is 4.74 Å². The third-order valence-corrected chi connectivity index (χ3v) is 3.40. The van der Waals surface area contributed by atoms with Crippen molar-refractivity contribution >= 4 is 0 Å². The Bertz CT molecular complexity index is 679. The van der Waals surface area contributed by atoms with Crippen LogP contribution in [0.5, 0.6) is 11.6 Å². The monoisotopic (exact) mass is 258 g/mol. The number of ether oxygens (including phenoxy) is 1. The van der Waals surface area contributed by atoms with Crippen molar-refractivity contribution in [3.63, 3.8) is 0 Å². The number of hydrogen-bond acceptors (Lipinski definition) is 4. The van der Waals surface area contributed by atoms with Gasteiger partial charge >= 0.3 is 0 Å². The highest BCUT2D eigenvalue weighted by molar-refractivity contribution is 5.43. The quantitative estimate of drug-likeness (QED) is 0.857. The predicted octanol–water partition coefficient (Wildman–Crippen LogP) is 1.56. The molecule has 0 bridgehead atoms. The zero-order valence-electron chi connectivity index (χ0n) is 10.5. The summed E-state index contributed by atoms with van der Waals surface area (Å²) in [5.74, 6) is 0.921. The summed E-state index contributed by atoms with van der Waals surface area (Å²) in [6, 6.07) is 7.64. The summed E-state index contributed by atoms with van der Waals surface area (Å²) in [5, 5.41) is 9.81. The van der Waals surface area contributed by atoms with Crippen molar-refractivity contribution in [2.45, 2.75) is 19.3 Å². The minimum absolute atomic E-state index is 0.138. The number of para-hydroxylation sites is 1. The Morgan fingerprint density at radius 2 is 2.26 bits per heavy atom. The Labute approximate surface area is 109 Å². The molecular weight excluding hydrogens is 244 g/mol. The lowest BCUT2D eigenvalue weighted by Crippen LogP contribution is -2.19. The van der Waals surface area contributed by atoms with Gasteiger partial charge in [-0.2, -0.15) is 4.98 Å². The number of rotatable bonds is 2. The van der Waals surface area contributed by atoms with Gasteiger partial charge in [-0.1, -0.05) is 25.1 Å². The largest absolute Gasteiger partial charge is 0.493 e. The van der Waals surface area contributed by atoms with Gasteiger partial charge in [-0.25, -0.2) is 0 Å². The lowest BCUT2D eigenvalue weighted by atomic mass is 10.0. The number of aromatic nitrogens is 2. The fourth-order valence-corrected chi connectivity index (χ4v) is 2.38. The molecular formula is C14H14N2O3. The Hall–Kier alpha value is -2.30. The molecule has 1 aliphatic rings. The number of hydrogen-bond donors (Lipinski definition) is 2. The first-order valence-corrected chi connectivity index (χ1v) is 6.24. The molecule has 0 fully saturated rings. The summed E-state index contributed by atoms with van der Waals surface area (Å²) in [4.78, 5) is 18.7. The second kappa shape index (κ2) is 4.42. The SMILES string of the molecule is CCc1c(O)nc(C2COc3ccccc32)[nH]c1=O. The molecule has 1 unspecified atom stereocenters. The lowest BCUT2D eigenvalue weighted by Gasteiger charge is -2.09. The highest BCUT2D eigenvalue weighted by Crippen LogP contribution is 2.36. The van der Waals surface area contributed by atoms with E-state index in [-0.39, 0.29) is 17.4 Å². The normalized spacial score (nSPS) is 17.0. The van der Waals surface area contributed by atoms with Gasteiger partial charge in [0.25, 0.3) is 5.56 Å². The zero-order valence-corrected chi connectivity index (χ0v) is 10.5. The van der Waals surface area contributed by atoms with Gasteiger partial charge in [0, 0.05) is 5.56 Å². The molecule has 0 radical (unpaired) electrons. The fraction of sp³-hybridized carbons (Fsp3) is 0.286. The molecule has 5 nitrogen and oxygen atoms in total. The van der Waals surface area contributed by atoms with Gasteiger partial charge in [-0.05, 0) is 12.5 Å². The van der Waals surface area contributed by atoms with Crippen LogP contribution in [-0.4, -0.2) is 21.7 Å². The molecule has 0 saturated carbocycles. The number of benzene rings is 1. The molecule has 1 atom stereocenters. The van der Waals surface area contributed by atoms with E-state index < -0.39 is 0 Å².